The Kier molecular flexibility index (Phi) is 5.84. The molecule has 5 nitrogen and oxygen atoms in total. The molecule has 23 heavy (non-hydrogen) atoms. The monoisotopic (exact) mass is 331 g/mol. The summed E-state index contributed by atoms with van der Waals surface area (Å²) in [6.07, 6.45) is -3.81. The number of nitrogens with zero attached hydrogens (tertiary/aromatic N) is 2. The van der Waals surface area contributed by atoms with Crippen LogP contribution in [0.1, 0.15) is 16.8 Å². The minimum absolute atomic E-state index is 0.179. The van der Waals surface area contributed by atoms with Crippen LogP contribution in [-0.4, -0.2) is 61.3 Å². The van der Waals surface area contributed by atoms with Crippen LogP contribution in [0.4, 0.5) is 13.2 Å². The van der Waals surface area contributed by atoms with Crippen molar-refractivity contribution in [3.05, 3.63) is 29.8 Å². The van der Waals surface area contributed by atoms with E-state index in [4.69, 9.17) is 5.73 Å². The molecule has 1 amide bonds. The third kappa shape index (κ3) is 5.40. The first-order valence-electron chi connectivity index (χ1n) is 7.46. The molecule has 0 atom stereocenters. The molecule has 2 N–H and O–H groups in total. The van der Waals surface area contributed by atoms with Crippen molar-refractivity contribution >= 4 is 5.91 Å². The average Bonchev–Trinajstić information content (AvgIpc) is 2.52. The molecule has 1 aliphatic rings. The van der Waals surface area contributed by atoms with Crippen LogP contribution in [0, 0.1) is 0 Å². The maximum atomic E-state index is 12.3. The lowest BCUT2D eigenvalue weighted by molar-refractivity contribution is -0.274. The summed E-state index contributed by atoms with van der Waals surface area (Å²) in [6, 6.07) is 5.00. The Balaban J connectivity index is 1.89. The second-order valence-corrected chi connectivity index (χ2v) is 5.35. The second kappa shape index (κ2) is 7.65. The topological polar surface area (TPSA) is 58.8 Å². The normalized spacial score (nSPS) is 16.4. The number of amides is 1. The standard InChI is InChI=1S/C15H20F3N3O2/c16-15(17,18)23-13-4-2-12(3-5-13)14(22)21-10-8-20(9-11-21)7-1-6-19/h2-5H,1,6-11,19H2. The first kappa shape index (κ1) is 17.6. The van der Waals surface area contributed by atoms with Gasteiger partial charge in [-0.05, 0) is 43.8 Å². The van der Waals surface area contributed by atoms with Crippen molar-refractivity contribution in [3.8, 4) is 5.75 Å². The van der Waals surface area contributed by atoms with Crippen molar-refractivity contribution in [3.63, 3.8) is 0 Å². The third-order valence-corrected chi connectivity index (χ3v) is 3.67. The Hall–Kier alpha value is -1.80. The average molecular weight is 331 g/mol. The summed E-state index contributed by atoms with van der Waals surface area (Å²) < 4.78 is 40.1. The van der Waals surface area contributed by atoms with Crippen molar-refractivity contribution in [2.24, 2.45) is 5.73 Å². The van der Waals surface area contributed by atoms with E-state index >= 15 is 0 Å². The van der Waals surface area contributed by atoms with E-state index in [1.165, 1.54) is 12.1 Å². The van der Waals surface area contributed by atoms with Gasteiger partial charge in [0, 0.05) is 31.7 Å². The fraction of sp³-hybridized carbons (Fsp3) is 0.533. The fourth-order valence-corrected chi connectivity index (χ4v) is 2.47. The van der Waals surface area contributed by atoms with Gasteiger partial charge >= 0.3 is 6.36 Å². The van der Waals surface area contributed by atoms with Gasteiger partial charge < -0.3 is 15.4 Å². The third-order valence-electron chi connectivity index (χ3n) is 3.67. The number of rotatable bonds is 5. The molecule has 1 aliphatic heterocycles. The summed E-state index contributed by atoms with van der Waals surface area (Å²) >= 11 is 0. The first-order chi connectivity index (χ1) is 10.9. The van der Waals surface area contributed by atoms with Crippen LogP contribution in [0.25, 0.3) is 0 Å². The SMILES string of the molecule is NCCCN1CCN(C(=O)c2ccc(OC(F)(F)F)cc2)CC1. The van der Waals surface area contributed by atoms with E-state index in [-0.39, 0.29) is 11.7 Å². The zero-order valence-corrected chi connectivity index (χ0v) is 12.7. The highest BCUT2D eigenvalue weighted by Crippen LogP contribution is 2.23. The van der Waals surface area contributed by atoms with Crippen LogP contribution in [0.5, 0.6) is 5.75 Å². The zero-order chi connectivity index (χ0) is 16.9. The minimum Gasteiger partial charge on any atom is -0.406 e. The van der Waals surface area contributed by atoms with Crippen LogP contribution >= 0.6 is 0 Å². The van der Waals surface area contributed by atoms with Gasteiger partial charge in [0.15, 0.2) is 0 Å². The quantitative estimate of drug-likeness (QED) is 0.892. The van der Waals surface area contributed by atoms with Gasteiger partial charge in [-0.15, -0.1) is 13.2 Å². The zero-order valence-electron chi connectivity index (χ0n) is 12.7. The molecule has 1 heterocycles. The van der Waals surface area contributed by atoms with Gasteiger partial charge in [-0.25, -0.2) is 0 Å². The lowest BCUT2D eigenvalue weighted by Gasteiger charge is -2.34. The molecule has 0 saturated carbocycles. The molecule has 0 aliphatic carbocycles. The van der Waals surface area contributed by atoms with Gasteiger partial charge in [0.25, 0.3) is 5.91 Å². The van der Waals surface area contributed by atoms with Crippen molar-refractivity contribution in [1.29, 1.82) is 0 Å². The molecule has 0 bridgehead atoms. The lowest BCUT2D eigenvalue weighted by Crippen LogP contribution is -2.49. The summed E-state index contributed by atoms with van der Waals surface area (Å²) in [5.41, 5.74) is 5.83. The number of carbonyl (C=O) groups is 1. The van der Waals surface area contributed by atoms with E-state index in [9.17, 15) is 18.0 Å². The molecule has 1 aromatic carbocycles. The number of alkyl halides is 3. The van der Waals surface area contributed by atoms with Gasteiger partial charge in [-0.2, -0.15) is 0 Å². The van der Waals surface area contributed by atoms with Gasteiger partial charge in [0.2, 0.25) is 0 Å². The number of benzene rings is 1. The van der Waals surface area contributed by atoms with Crippen molar-refractivity contribution in [2.75, 3.05) is 39.3 Å². The number of piperazine rings is 1. The number of halogens is 3. The first-order valence-corrected chi connectivity index (χ1v) is 7.46. The van der Waals surface area contributed by atoms with Gasteiger partial charge in [0.05, 0.1) is 0 Å². The van der Waals surface area contributed by atoms with E-state index in [0.29, 0.717) is 25.2 Å². The number of nitrogens with two attached hydrogens (primary N) is 1. The van der Waals surface area contributed by atoms with Gasteiger partial charge in [-0.3, -0.25) is 9.69 Å². The van der Waals surface area contributed by atoms with Crippen molar-refractivity contribution < 1.29 is 22.7 Å². The minimum atomic E-state index is -4.73. The van der Waals surface area contributed by atoms with Crippen molar-refractivity contribution in [1.82, 2.24) is 9.80 Å². The Morgan fingerprint density at radius 1 is 1.13 bits per heavy atom. The Morgan fingerprint density at radius 3 is 2.26 bits per heavy atom. The van der Waals surface area contributed by atoms with E-state index in [1.54, 1.807) is 4.90 Å². The molecular weight excluding hydrogens is 311 g/mol. The van der Waals surface area contributed by atoms with Crippen LogP contribution < -0.4 is 10.5 Å². The van der Waals surface area contributed by atoms with E-state index < -0.39 is 6.36 Å². The van der Waals surface area contributed by atoms with Gasteiger partial charge in [-0.1, -0.05) is 0 Å². The van der Waals surface area contributed by atoms with Crippen molar-refractivity contribution in [2.45, 2.75) is 12.8 Å². The summed E-state index contributed by atoms with van der Waals surface area (Å²) in [4.78, 5) is 16.3. The predicted molar refractivity (Wildman–Crippen MR) is 79.1 cm³/mol. The lowest BCUT2D eigenvalue weighted by atomic mass is 10.1. The number of hydrogen-bond donors (Lipinski definition) is 1. The van der Waals surface area contributed by atoms with E-state index in [1.807, 2.05) is 0 Å². The Labute approximate surface area is 132 Å². The number of ether oxygens (including phenoxy) is 1. The molecule has 0 radical (unpaired) electrons. The van der Waals surface area contributed by atoms with Gasteiger partial charge in [0.1, 0.15) is 5.75 Å². The smallest absolute Gasteiger partial charge is 0.406 e. The number of carbonyl (C=O) groups excluding carboxylic acids is 1. The molecule has 0 spiro atoms. The molecule has 8 heteroatoms. The molecule has 1 aromatic rings. The molecular formula is C15H20F3N3O2. The summed E-state index contributed by atoms with van der Waals surface area (Å²) in [7, 11) is 0. The predicted octanol–water partition coefficient (Wildman–Crippen LogP) is 1.69. The molecule has 128 valence electrons. The highest BCUT2D eigenvalue weighted by atomic mass is 19.4. The summed E-state index contributed by atoms with van der Waals surface area (Å²) in [6.45, 7) is 4.32. The second-order valence-electron chi connectivity index (χ2n) is 5.35. The van der Waals surface area contributed by atoms with E-state index in [0.717, 1.165) is 38.2 Å². The maximum absolute atomic E-state index is 12.3. The Bertz CT molecular complexity index is 512. The fourth-order valence-electron chi connectivity index (χ4n) is 2.47. The molecule has 1 fully saturated rings. The molecule has 1 saturated heterocycles. The molecule has 2 rings (SSSR count). The largest absolute Gasteiger partial charge is 0.573 e. The number of hydrogen-bond acceptors (Lipinski definition) is 4. The summed E-state index contributed by atoms with van der Waals surface area (Å²) in [5.74, 6) is -0.511. The molecule has 0 aromatic heterocycles. The molecule has 0 unspecified atom stereocenters. The van der Waals surface area contributed by atoms with Crippen LogP contribution in [-0.2, 0) is 0 Å². The van der Waals surface area contributed by atoms with Crippen LogP contribution in [0.3, 0.4) is 0 Å². The highest BCUT2D eigenvalue weighted by Gasteiger charge is 2.31. The summed E-state index contributed by atoms with van der Waals surface area (Å²) in [5, 5.41) is 0. The van der Waals surface area contributed by atoms with E-state index in [2.05, 4.69) is 9.64 Å². The van der Waals surface area contributed by atoms with Crippen LogP contribution in [0.2, 0.25) is 0 Å². The highest BCUT2D eigenvalue weighted by molar-refractivity contribution is 5.94. The Morgan fingerprint density at radius 2 is 1.74 bits per heavy atom. The maximum Gasteiger partial charge on any atom is 0.573 e. The van der Waals surface area contributed by atoms with Crippen LogP contribution in [0.15, 0.2) is 24.3 Å².